The van der Waals surface area contributed by atoms with Crippen LogP contribution in [0.15, 0.2) is 82.9 Å². The molecule has 7 rings (SSSR count). The van der Waals surface area contributed by atoms with E-state index >= 15 is 0 Å². The lowest BCUT2D eigenvalue weighted by Gasteiger charge is -2.22. The van der Waals surface area contributed by atoms with E-state index in [1.807, 2.05) is 0 Å². The van der Waals surface area contributed by atoms with E-state index in [4.69, 9.17) is 42.1 Å². The number of halogens is 4. The van der Waals surface area contributed by atoms with Crippen molar-refractivity contribution in [2.45, 2.75) is 65.1 Å². The Morgan fingerprint density at radius 2 is 1.27 bits per heavy atom. The lowest BCUT2D eigenvalue weighted by atomic mass is 10.1. The van der Waals surface area contributed by atoms with Gasteiger partial charge in [-0.3, -0.25) is 18.4 Å². The molecule has 13 nitrogen and oxygen atoms in total. The van der Waals surface area contributed by atoms with Gasteiger partial charge in [-0.1, -0.05) is 47.5 Å². The van der Waals surface area contributed by atoms with Crippen molar-refractivity contribution in [3.05, 3.63) is 160 Å². The molecule has 0 bridgehead atoms. The van der Waals surface area contributed by atoms with Crippen LogP contribution in [-0.4, -0.2) is 75.1 Å². The molecule has 6 aromatic rings. The third-order valence-corrected chi connectivity index (χ3v) is 10.5. The summed E-state index contributed by atoms with van der Waals surface area (Å²) in [6.07, 6.45) is 9.86. The monoisotopic (exact) mass is 892 g/mol. The second-order valence-corrected chi connectivity index (χ2v) is 15.0. The van der Waals surface area contributed by atoms with Gasteiger partial charge in [-0.05, 0) is 104 Å². The third-order valence-electron chi connectivity index (χ3n) is 9.90. The fraction of sp³-hybridized carbons (Fsp3) is 0.333. The summed E-state index contributed by atoms with van der Waals surface area (Å²) in [6, 6.07) is 12.4. The van der Waals surface area contributed by atoms with Crippen molar-refractivity contribution in [1.82, 2.24) is 18.8 Å². The van der Waals surface area contributed by atoms with Crippen LogP contribution in [0.25, 0.3) is 11.3 Å². The molecule has 1 fully saturated rings. The number of rotatable bonds is 14. The summed E-state index contributed by atoms with van der Waals surface area (Å²) in [5.41, 5.74) is 2.45. The van der Waals surface area contributed by atoms with Gasteiger partial charge >= 0.3 is 11.9 Å². The molecule has 62 heavy (non-hydrogen) atoms. The smallest absolute Gasteiger partial charge is 0.343 e. The maximum absolute atomic E-state index is 14.4. The number of aromatic nitrogens is 4. The molecule has 2 aromatic carbocycles. The number of nitrogens with zero attached hydrogens (tertiary/aromatic N) is 4. The highest BCUT2D eigenvalue weighted by Crippen LogP contribution is 2.23. The molecule has 1 N–H and O–H groups in total. The molecule has 1 atom stereocenters. The number of fused-ring (bicyclic) bond motifs is 2. The van der Waals surface area contributed by atoms with Crippen LogP contribution in [0.1, 0.15) is 87.2 Å². The number of hydrogen-bond acceptors (Lipinski definition) is 11. The average Bonchev–Trinajstić information content (AvgIpc) is 3.27. The normalized spacial score (nSPS) is 13.8. The van der Waals surface area contributed by atoms with Gasteiger partial charge in [0.15, 0.2) is 6.29 Å². The van der Waals surface area contributed by atoms with Gasteiger partial charge in [0.1, 0.15) is 34.1 Å². The Bertz CT molecular complexity index is 2700. The Morgan fingerprint density at radius 3 is 1.73 bits per heavy atom. The highest BCUT2D eigenvalue weighted by molar-refractivity contribution is 6.31. The molecule has 1 saturated heterocycles. The van der Waals surface area contributed by atoms with Crippen molar-refractivity contribution < 1.29 is 42.4 Å². The lowest BCUT2D eigenvalue weighted by molar-refractivity contribution is -0.161. The molecule has 4 aromatic heterocycles. The molecule has 0 amide bonds. The summed E-state index contributed by atoms with van der Waals surface area (Å²) in [6.45, 7) is 4.44. The minimum absolute atomic E-state index is 0.0123. The number of benzene rings is 2. The molecular weight excluding hydrogens is 849 g/mol. The molecule has 1 aliphatic rings. The Morgan fingerprint density at radius 1 is 0.774 bits per heavy atom. The highest BCUT2D eigenvalue weighted by Gasteiger charge is 2.21. The first kappa shape index (κ1) is 45.9. The first-order valence-electron chi connectivity index (χ1n) is 20.0. The molecule has 17 heteroatoms. The number of aliphatic hydroxyl groups excluding tert-OH is 1. The van der Waals surface area contributed by atoms with Gasteiger partial charge in [0.05, 0.1) is 29.9 Å². The van der Waals surface area contributed by atoms with E-state index in [1.165, 1.54) is 45.5 Å². The van der Waals surface area contributed by atoms with Gasteiger partial charge in [-0.15, -0.1) is 0 Å². The molecule has 0 saturated carbocycles. The van der Waals surface area contributed by atoms with Gasteiger partial charge in [-0.2, -0.15) is 0 Å². The Hall–Kier alpha value is -5.58. The van der Waals surface area contributed by atoms with Crippen LogP contribution in [0.3, 0.4) is 0 Å². The van der Waals surface area contributed by atoms with Crippen LogP contribution >= 0.6 is 23.2 Å². The minimum atomic E-state index is -0.743. The van der Waals surface area contributed by atoms with Crippen molar-refractivity contribution in [1.29, 1.82) is 0 Å². The average molecular weight is 894 g/mol. The van der Waals surface area contributed by atoms with Crippen molar-refractivity contribution in [3.8, 4) is 0 Å². The molecule has 5 heterocycles. The van der Waals surface area contributed by atoms with Crippen LogP contribution in [-0.2, 0) is 44.6 Å². The summed E-state index contributed by atoms with van der Waals surface area (Å²) >= 11 is 11.7. The number of ether oxygens (including phenoxy) is 4. The maximum atomic E-state index is 14.4. The van der Waals surface area contributed by atoms with Crippen LogP contribution in [0.4, 0.5) is 8.78 Å². The first-order chi connectivity index (χ1) is 29.9. The predicted molar refractivity (Wildman–Crippen MR) is 227 cm³/mol. The zero-order chi connectivity index (χ0) is 44.3. The number of pyridine rings is 2. The highest BCUT2D eigenvalue weighted by atomic mass is 35.5. The van der Waals surface area contributed by atoms with Gasteiger partial charge in [-0.25, -0.2) is 28.3 Å². The van der Waals surface area contributed by atoms with Crippen molar-refractivity contribution in [2.75, 3.05) is 33.0 Å². The quantitative estimate of drug-likeness (QED) is 0.111. The lowest BCUT2D eigenvalue weighted by Crippen LogP contribution is -2.26. The van der Waals surface area contributed by atoms with Crippen molar-refractivity contribution in [3.63, 3.8) is 0 Å². The van der Waals surface area contributed by atoms with Crippen molar-refractivity contribution in [2.24, 2.45) is 0 Å². The van der Waals surface area contributed by atoms with E-state index in [1.54, 1.807) is 50.5 Å². The molecule has 0 aliphatic carbocycles. The fourth-order valence-corrected chi connectivity index (χ4v) is 7.30. The van der Waals surface area contributed by atoms with E-state index in [9.17, 15) is 33.1 Å². The minimum Gasteiger partial charge on any atom is -0.462 e. The van der Waals surface area contributed by atoms with Gasteiger partial charge in [0.2, 0.25) is 0 Å². The Balaban J connectivity index is 0.000000211. The van der Waals surface area contributed by atoms with Crippen LogP contribution in [0, 0.1) is 11.6 Å². The zero-order valence-corrected chi connectivity index (χ0v) is 35.5. The second-order valence-electron chi connectivity index (χ2n) is 14.2. The number of hydrogen-bond donors (Lipinski definition) is 1. The first-order valence-corrected chi connectivity index (χ1v) is 20.8. The predicted octanol–water partition coefficient (Wildman–Crippen LogP) is 7.13. The topological polar surface area (TPSA) is 160 Å². The van der Waals surface area contributed by atoms with E-state index in [0.29, 0.717) is 64.3 Å². The molecule has 1 aliphatic heterocycles. The standard InChI is InChI=1S/C25H26ClFN2O5.C20H18ClFN2O4/c1-2-32-25(31)19-13-18(9-11-34-21-8-3-4-10-33-21)23-28-14-16(15-29(23)24(19)30)12-17-6-5-7-20(26)22(17)27;1-2-28-20(27)15-9-14(6-7-25)18-23-10-12(11-24(18)19(15)26)8-13-4-3-5-16(21)17(13)22/h5-7,13-15,21H,2-4,8-12H2,1H3;3-5,9-11,25H,2,6-8H2,1H3. The van der Waals surface area contributed by atoms with Gasteiger partial charge in [0, 0.05) is 50.8 Å². The van der Waals surface area contributed by atoms with E-state index in [0.717, 1.165) is 19.3 Å². The Kier molecular flexibility index (Phi) is 15.9. The van der Waals surface area contributed by atoms with E-state index in [2.05, 4.69) is 9.97 Å². The van der Waals surface area contributed by atoms with Gasteiger partial charge in [0.25, 0.3) is 11.1 Å². The number of aliphatic hydroxyl groups is 1. The molecule has 0 radical (unpaired) electrons. The number of carbonyl (C=O) groups excluding carboxylic acids is 2. The summed E-state index contributed by atoms with van der Waals surface area (Å²) in [7, 11) is 0. The summed E-state index contributed by atoms with van der Waals surface area (Å²) in [5.74, 6) is -2.49. The van der Waals surface area contributed by atoms with Crippen LogP contribution in [0.2, 0.25) is 10.0 Å². The largest absolute Gasteiger partial charge is 0.462 e. The second kappa shape index (κ2) is 21.5. The zero-order valence-electron chi connectivity index (χ0n) is 34.0. The van der Waals surface area contributed by atoms with E-state index in [-0.39, 0.29) is 66.5 Å². The summed E-state index contributed by atoms with van der Waals surface area (Å²) in [4.78, 5) is 59.3. The molecule has 1 unspecified atom stereocenters. The molecular formula is C45H44Cl2F2N4O9. The maximum Gasteiger partial charge on any atom is 0.343 e. The Labute approximate surface area is 364 Å². The van der Waals surface area contributed by atoms with Crippen molar-refractivity contribution >= 4 is 46.4 Å². The number of carbonyl (C=O) groups is 2. The molecule has 0 spiro atoms. The summed E-state index contributed by atoms with van der Waals surface area (Å²) < 4.78 is 52.6. The van der Waals surface area contributed by atoms with E-state index < -0.39 is 34.7 Å². The fourth-order valence-electron chi connectivity index (χ4n) is 6.91. The SMILES string of the molecule is CCOC(=O)c1cc(CCO)c2ncc(Cc3cccc(Cl)c3F)cn2c1=O.CCOC(=O)c1cc(CCOC2CCCCO2)c2ncc(Cc3cccc(Cl)c3F)cn2c1=O. The third kappa shape index (κ3) is 10.9. The number of esters is 2. The summed E-state index contributed by atoms with van der Waals surface area (Å²) in [5, 5.41) is 9.34. The van der Waals surface area contributed by atoms with Crippen LogP contribution < -0.4 is 11.1 Å². The van der Waals surface area contributed by atoms with Crippen LogP contribution in [0.5, 0.6) is 0 Å². The molecule has 326 valence electrons. The van der Waals surface area contributed by atoms with Gasteiger partial charge < -0.3 is 24.1 Å².